The SMILES string of the molecule is O=C(Cc1ccccc1)Nc1ccc(C[C@@H]2CC[C@H](c3nnc(NC(=O)Cc4ccccn4)s3)C2)nn1. The van der Waals surface area contributed by atoms with Crippen LogP contribution in [0.25, 0.3) is 0 Å². The molecule has 5 rings (SSSR count). The molecular formula is C27H27N7O2S. The molecule has 2 atom stereocenters. The number of anilines is 2. The number of nitrogens with zero attached hydrogens (tertiary/aromatic N) is 5. The lowest BCUT2D eigenvalue weighted by Gasteiger charge is -2.09. The highest BCUT2D eigenvalue weighted by atomic mass is 32.1. The Labute approximate surface area is 218 Å². The molecule has 0 saturated heterocycles. The molecule has 2 N–H and O–H groups in total. The largest absolute Gasteiger partial charge is 0.309 e. The summed E-state index contributed by atoms with van der Waals surface area (Å²) in [5.74, 6) is 0.998. The van der Waals surface area contributed by atoms with Crippen molar-refractivity contribution in [1.29, 1.82) is 0 Å². The van der Waals surface area contributed by atoms with E-state index in [9.17, 15) is 9.59 Å². The van der Waals surface area contributed by atoms with E-state index in [1.54, 1.807) is 6.20 Å². The zero-order chi connectivity index (χ0) is 25.5. The van der Waals surface area contributed by atoms with Gasteiger partial charge in [-0.25, -0.2) is 0 Å². The Hall–Kier alpha value is -4.05. The van der Waals surface area contributed by atoms with E-state index in [4.69, 9.17) is 0 Å². The summed E-state index contributed by atoms with van der Waals surface area (Å²) in [7, 11) is 0. The summed E-state index contributed by atoms with van der Waals surface area (Å²) in [6.07, 6.45) is 6.10. The molecule has 4 aromatic rings. The highest BCUT2D eigenvalue weighted by molar-refractivity contribution is 7.15. The Balaban J connectivity index is 1.08. The Morgan fingerprint density at radius 1 is 0.811 bits per heavy atom. The number of aromatic nitrogens is 5. The van der Waals surface area contributed by atoms with Crippen LogP contribution >= 0.6 is 11.3 Å². The second-order valence-electron chi connectivity index (χ2n) is 9.19. The summed E-state index contributed by atoms with van der Waals surface area (Å²) in [4.78, 5) is 28.7. The standard InChI is InChI=1S/C27H27N7O2S/c35-24(16-18-6-2-1-3-7-18)29-23-12-11-22(31-32-23)15-19-9-10-20(14-19)26-33-34-27(37-26)30-25(36)17-21-8-4-5-13-28-21/h1-8,11-13,19-20H,9-10,14-17H2,(H,29,32,35)(H,30,34,36)/t19-,20+/m1/s1. The molecule has 0 bridgehead atoms. The number of nitrogens with one attached hydrogen (secondary N) is 2. The van der Waals surface area contributed by atoms with Crippen LogP contribution in [0, 0.1) is 5.92 Å². The Morgan fingerprint density at radius 2 is 1.65 bits per heavy atom. The van der Waals surface area contributed by atoms with E-state index < -0.39 is 0 Å². The molecule has 1 fully saturated rings. The Kier molecular flexibility index (Phi) is 7.85. The van der Waals surface area contributed by atoms with Crippen molar-refractivity contribution in [2.45, 2.75) is 44.4 Å². The molecule has 0 spiro atoms. The molecule has 1 aliphatic rings. The Bertz CT molecular complexity index is 1330. The van der Waals surface area contributed by atoms with Crippen LogP contribution in [-0.2, 0) is 28.9 Å². The van der Waals surface area contributed by atoms with Crippen molar-refractivity contribution in [1.82, 2.24) is 25.4 Å². The molecule has 1 saturated carbocycles. The number of benzene rings is 1. The molecule has 1 aliphatic carbocycles. The first-order valence-electron chi connectivity index (χ1n) is 12.3. The van der Waals surface area contributed by atoms with Gasteiger partial charge in [-0.1, -0.05) is 47.7 Å². The van der Waals surface area contributed by atoms with Gasteiger partial charge in [-0.15, -0.1) is 15.3 Å². The highest BCUT2D eigenvalue weighted by Gasteiger charge is 2.29. The minimum Gasteiger partial charge on any atom is -0.309 e. The average molecular weight is 514 g/mol. The van der Waals surface area contributed by atoms with Crippen LogP contribution < -0.4 is 10.6 Å². The first-order chi connectivity index (χ1) is 18.1. The maximum atomic E-state index is 12.3. The summed E-state index contributed by atoms with van der Waals surface area (Å²) in [6.45, 7) is 0. The van der Waals surface area contributed by atoms with Gasteiger partial charge in [0.25, 0.3) is 0 Å². The second kappa shape index (κ2) is 11.8. The lowest BCUT2D eigenvalue weighted by Crippen LogP contribution is -2.16. The molecule has 0 unspecified atom stereocenters. The van der Waals surface area contributed by atoms with E-state index in [1.165, 1.54) is 11.3 Å². The summed E-state index contributed by atoms with van der Waals surface area (Å²) >= 11 is 1.44. The molecular weight excluding hydrogens is 486 g/mol. The second-order valence-corrected chi connectivity index (χ2v) is 10.2. The zero-order valence-corrected chi connectivity index (χ0v) is 21.0. The van der Waals surface area contributed by atoms with Crippen LogP contribution in [0.3, 0.4) is 0 Å². The zero-order valence-electron chi connectivity index (χ0n) is 20.2. The van der Waals surface area contributed by atoms with Gasteiger partial charge in [0.05, 0.1) is 18.5 Å². The Morgan fingerprint density at radius 3 is 2.43 bits per heavy atom. The monoisotopic (exact) mass is 513 g/mol. The van der Waals surface area contributed by atoms with Crippen LogP contribution in [0.1, 0.15) is 47.1 Å². The predicted molar refractivity (Wildman–Crippen MR) is 141 cm³/mol. The van der Waals surface area contributed by atoms with Gasteiger partial charge in [0.2, 0.25) is 16.9 Å². The van der Waals surface area contributed by atoms with Crippen molar-refractivity contribution in [2.24, 2.45) is 5.92 Å². The third kappa shape index (κ3) is 7.01. The van der Waals surface area contributed by atoms with E-state index in [0.717, 1.165) is 41.9 Å². The van der Waals surface area contributed by atoms with E-state index >= 15 is 0 Å². The van der Waals surface area contributed by atoms with Gasteiger partial charge in [0.1, 0.15) is 5.01 Å². The molecule has 2 amide bonds. The number of carbonyl (C=O) groups excluding carboxylic acids is 2. The van der Waals surface area contributed by atoms with Gasteiger partial charge in [0, 0.05) is 17.8 Å². The fraction of sp³-hybridized carbons (Fsp3) is 0.296. The summed E-state index contributed by atoms with van der Waals surface area (Å²) < 4.78 is 0. The van der Waals surface area contributed by atoms with Gasteiger partial charge in [-0.2, -0.15) is 5.10 Å². The number of rotatable bonds is 9. The summed E-state index contributed by atoms with van der Waals surface area (Å²) in [6, 6.07) is 18.8. The van der Waals surface area contributed by atoms with Gasteiger partial charge in [-0.3, -0.25) is 14.6 Å². The third-order valence-corrected chi connectivity index (χ3v) is 7.34. The molecule has 188 valence electrons. The smallest absolute Gasteiger partial charge is 0.232 e. The lowest BCUT2D eigenvalue weighted by atomic mass is 10.00. The maximum Gasteiger partial charge on any atom is 0.232 e. The fourth-order valence-electron chi connectivity index (χ4n) is 4.56. The van der Waals surface area contributed by atoms with Crippen molar-refractivity contribution >= 4 is 34.1 Å². The minimum atomic E-state index is -0.149. The third-order valence-electron chi connectivity index (χ3n) is 6.34. The normalized spacial score (nSPS) is 16.9. The number of carbonyl (C=O) groups is 2. The van der Waals surface area contributed by atoms with E-state index in [0.29, 0.717) is 34.9 Å². The van der Waals surface area contributed by atoms with Gasteiger partial charge >= 0.3 is 0 Å². The summed E-state index contributed by atoms with van der Waals surface area (Å²) in [5.41, 5.74) is 2.58. The topological polar surface area (TPSA) is 123 Å². The molecule has 0 radical (unpaired) electrons. The predicted octanol–water partition coefficient (Wildman–Crippen LogP) is 4.21. The molecule has 3 heterocycles. The van der Waals surface area contributed by atoms with Crippen LogP contribution in [0.5, 0.6) is 0 Å². The van der Waals surface area contributed by atoms with Gasteiger partial charge in [0.15, 0.2) is 5.82 Å². The minimum absolute atomic E-state index is 0.115. The average Bonchev–Trinajstić information content (AvgIpc) is 3.56. The first-order valence-corrected chi connectivity index (χ1v) is 13.1. The van der Waals surface area contributed by atoms with Crippen molar-refractivity contribution in [3.8, 4) is 0 Å². The molecule has 0 aliphatic heterocycles. The van der Waals surface area contributed by atoms with Crippen LogP contribution in [0.15, 0.2) is 66.9 Å². The number of pyridine rings is 1. The number of hydrogen-bond acceptors (Lipinski definition) is 8. The first kappa shape index (κ1) is 24.6. The molecule has 10 heteroatoms. The number of hydrogen-bond donors (Lipinski definition) is 2. The summed E-state index contributed by atoms with van der Waals surface area (Å²) in [5, 5.41) is 24.2. The maximum absolute atomic E-state index is 12.3. The van der Waals surface area contributed by atoms with Gasteiger partial charge < -0.3 is 10.6 Å². The van der Waals surface area contributed by atoms with Crippen LogP contribution in [0.2, 0.25) is 0 Å². The number of amides is 2. The molecule has 9 nitrogen and oxygen atoms in total. The van der Waals surface area contributed by atoms with E-state index in [-0.39, 0.29) is 18.2 Å². The van der Waals surface area contributed by atoms with Crippen LogP contribution in [0.4, 0.5) is 10.9 Å². The van der Waals surface area contributed by atoms with Crippen LogP contribution in [-0.4, -0.2) is 37.2 Å². The van der Waals surface area contributed by atoms with Gasteiger partial charge in [-0.05, 0) is 61.4 Å². The van der Waals surface area contributed by atoms with Crippen molar-refractivity contribution < 1.29 is 9.59 Å². The molecule has 1 aromatic carbocycles. The van der Waals surface area contributed by atoms with Crippen molar-refractivity contribution in [2.75, 3.05) is 10.6 Å². The quantitative estimate of drug-likeness (QED) is 0.344. The molecule has 3 aromatic heterocycles. The van der Waals surface area contributed by atoms with Crippen molar-refractivity contribution in [3.05, 3.63) is 88.8 Å². The van der Waals surface area contributed by atoms with Crippen molar-refractivity contribution in [3.63, 3.8) is 0 Å². The van der Waals surface area contributed by atoms with E-state index in [1.807, 2.05) is 60.7 Å². The lowest BCUT2D eigenvalue weighted by molar-refractivity contribution is -0.116. The fourth-order valence-corrected chi connectivity index (χ4v) is 5.47. The van der Waals surface area contributed by atoms with E-state index in [2.05, 4.69) is 36.0 Å². The molecule has 37 heavy (non-hydrogen) atoms. The highest BCUT2D eigenvalue weighted by Crippen LogP contribution is 2.41.